The minimum Gasteiger partial charge on any atom is -0.460 e. The maximum Gasteiger partial charge on any atom is 0.136 e. The van der Waals surface area contributed by atoms with Crippen LogP contribution in [0.15, 0.2) is 181 Å². The van der Waals surface area contributed by atoms with Crippen LogP contribution in [0.2, 0.25) is 0 Å². The van der Waals surface area contributed by atoms with Crippen LogP contribution in [0.4, 0.5) is 34.1 Å². The Kier molecular flexibility index (Phi) is 7.03. The zero-order valence-electron chi connectivity index (χ0n) is 29.0. The molecule has 0 aromatic heterocycles. The second-order valence-electron chi connectivity index (χ2n) is 13.9. The summed E-state index contributed by atoms with van der Waals surface area (Å²) < 4.78 is 13.6. The molecule has 2 unspecified atom stereocenters. The Labute approximate surface area is 304 Å². The van der Waals surface area contributed by atoms with Crippen LogP contribution in [0, 0.1) is 25.7 Å². The van der Waals surface area contributed by atoms with Crippen LogP contribution in [-0.4, -0.2) is 0 Å². The van der Waals surface area contributed by atoms with Gasteiger partial charge in [0.05, 0.1) is 11.8 Å². The van der Waals surface area contributed by atoms with Gasteiger partial charge in [-0.15, -0.1) is 0 Å². The lowest BCUT2D eigenvalue weighted by Gasteiger charge is -2.44. The fourth-order valence-electron chi connectivity index (χ4n) is 8.10. The number of nitrogens with zero attached hydrogens (tertiary/aromatic N) is 2. The molecule has 6 aromatic carbocycles. The molecule has 0 fully saturated rings. The molecule has 4 aliphatic rings. The van der Waals surface area contributed by atoms with E-state index in [1.807, 2.05) is 0 Å². The van der Waals surface area contributed by atoms with E-state index in [0.29, 0.717) is 0 Å². The van der Waals surface area contributed by atoms with E-state index in [4.69, 9.17) is 9.47 Å². The van der Waals surface area contributed by atoms with Crippen LogP contribution in [0.3, 0.4) is 0 Å². The third-order valence-electron chi connectivity index (χ3n) is 10.6. The molecule has 0 amide bonds. The summed E-state index contributed by atoms with van der Waals surface area (Å²) in [5, 5.41) is 0. The maximum absolute atomic E-state index is 6.82. The number of fused-ring (bicyclic) bond motifs is 4. The zero-order valence-corrected chi connectivity index (χ0v) is 29.0. The van der Waals surface area contributed by atoms with Crippen LogP contribution in [0.1, 0.15) is 22.3 Å². The molecule has 2 atom stereocenters. The van der Waals surface area contributed by atoms with Crippen LogP contribution < -0.4 is 19.3 Å². The van der Waals surface area contributed by atoms with Gasteiger partial charge in [-0.05, 0) is 110 Å². The second kappa shape index (κ2) is 12.1. The van der Waals surface area contributed by atoms with Crippen molar-refractivity contribution in [1.82, 2.24) is 0 Å². The third-order valence-corrected chi connectivity index (χ3v) is 10.6. The van der Waals surface area contributed by atoms with Gasteiger partial charge in [-0.2, -0.15) is 0 Å². The van der Waals surface area contributed by atoms with E-state index in [2.05, 4.69) is 194 Å². The van der Waals surface area contributed by atoms with Gasteiger partial charge in [-0.3, -0.25) is 0 Å². The molecule has 0 radical (unpaired) electrons. The van der Waals surface area contributed by atoms with Gasteiger partial charge in [-0.25, -0.2) is 0 Å². The van der Waals surface area contributed by atoms with Crippen molar-refractivity contribution >= 4 is 45.3 Å². The summed E-state index contributed by atoms with van der Waals surface area (Å²) in [6, 6.07) is 51.6. The lowest BCUT2D eigenvalue weighted by molar-refractivity contribution is 0.286. The molecule has 0 N–H and O–H groups in total. The fraction of sp³-hybridized carbons (Fsp3) is 0.0833. The Hall–Kier alpha value is -6.52. The number of benzene rings is 6. The number of ether oxygens (including phenoxy) is 2. The van der Waals surface area contributed by atoms with E-state index in [1.165, 1.54) is 22.3 Å². The molecule has 250 valence electrons. The summed E-state index contributed by atoms with van der Waals surface area (Å²) in [5.41, 5.74) is 13.7. The summed E-state index contributed by atoms with van der Waals surface area (Å²) in [6.45, 7) is 4.24. The smallest absolute Gasteiger partial charge is 0.136 e. The number of para-hydroxylation sites is 2. The molecule has 0 spiro atoms. The third kappa shape index (κ3) is 4.98. The first-order chi connectivity index (χ1) is 25.6. The van der Waals surface area contributed by atoms with E-state index in [0.717, 1.165) is 68.3 Å². The number of aryl methyl sites for hydroxylation is 2. The molecule has 10 rings (SSSR count). The van der Waals surface area contributed by atoms with Crippen molar-refractivity contribution in [2.75, 3.05) is 9.80 Å². The van der Waals surface area contributed by atoms with Crippen LogP contribution in [0.5, 0.6) is 11.5 Å². The second-order valence-corrected chi connectivity index (χ2v) is 13.9. The Morgan fingerprint density at radius 2 is 0.750 bits per heavy atom. The van der Waals surface area contributed by atoms with Crippen molar-refractivity contribution in [2.45, 2.75) is 13.8 Å². The van der Waals surface area contributed by atoms with Gasteiger partial charge in [0, 0.05) is 57.4 Å². The number of hydrogen-bond donors (Lipinski definition) is 0. The fourth-order valence-corrected chi connectivity index (χ4v) is 8.10. The lowest BCUT2D eigenvalue weighted by atomic mass is 9.68. The monoisotopic (exact) mass is 672 g/mol. The predicted molar refractivity (Wildman–Crippen MR) is 212 cm³/mol. The van der Waals surface area contributed by atoms with Gasteiger partial charge in [0.2, 0.25) is 0 Å². The average molecular weight is 673 g/mol. The first kappa shape index (κ1) is 30.3. The summed E-state index contributed by atoms with van der Waals surface area (Å²) in [5.74, 6) is 3.73. The molecular weight excluding hydrogens is 637 g/mol. The Morgan fingerprint density at radius 3 is 1.15 bits per heavy atom. The van der Waals surface area contributed by atoms with Gasteiger partial charge < -0.3 is 19.3 Å². The highest BCUT2D eigenvalue weighted by Gasteiger charge is 2.46. The highest BCUT2D eigenvalue weighted by atomic mass is 16.5. The summed E-state index contributed by atoms with van der Waals surface area (Å²) in [7, 11) is 0. The first-order valence-electron chi connectivity index (χ1n) is 17.9. The van der Waals surface area contributed by atoms with Gasteiger partial charge in [0.15, 0.2) is 0 Å². The Bertz CT molecular complexity index is 2300. The van der Waals surface area contributed by atoms with Crippen LogP contribution >= 0.6 is 0 Å². The number of rotatable bonds is 6. The number of hydrogen-bond acceptors (Lipinski definition) is 4. The summed E-state index contributed by atoms with van der Waals surface area (Å²) >= 11 is 0. The van der Waals surface area contributed by atoms with Crippen molar-refractivity contribution in [3.63, 3.8) is 0 Å². The van der Waals surface area contributed by atoms with Crippen molar-refractivity contribution in [3.8, 4) is 11.5 Å². The highest BCUT2D eigenvalue weighted by Crippen LogP contribution is 2.58. The Morgan fingerprint density at radius 1 is 0.385 bits per heavy atom. The molecule has 0 saturated carbocycles. The van der Waals surface area contributed by atoms with Crippen LogP contribution in [-0.2, 0) is 0 Å². The van der Waals surface area contributed by atoms with E-state index in [9.17, 15) is 0 Å². The molecule has 0 saturated heterocycles. The van der Waals surface area contributed by atoms with E-state index < -0.39 is 0 Å². The molecule has 2 aliphatic carbocycles. The average Bonchev–Trinajstić information content (AvgIpc) is 3.19. The first-order valence-corrected chi connectivity index (χ1v) is 17.9. The zero-order chi connectivity index (χ0) is 34.8. The molecule has 2 aliphatic heterocycles. The van der Waals surface area contributed by atoms with Crippen molar-refractivity contribution in [3.05, 3.63) is 204 Å². The topological polar surface area (TPSA) is 24.9 Å². The highest BCUT2D eigenvalue weighted by molar-refractivity contribution is 5.90. The molecular formula is C48H36N2O2. The van der Waals surface area contributed by atoms with Gasteiger partial charge in [0.25, 0.3) is 0 Å². The molecule has 4 nitrogen and oxygen atoms in total. The minimum atomic E-state index is 0.0434. The molecule has 4 heteroatoms. The molecule has 52 heavy (non-hydrogen) atoms. The summed E-state index contributed by atoms with van der Waals surface area (Å²) in [4.78, 5) is 4.57. The van der Waals surface area contributed by atoms with Crippen molar-refractivity contribution in [1.29, 1.82) is 0 Å². The lowest BCUT2D eigenvalue weighted by Crippen LogP contribution is -2.34. The van der Waals surface area contributed by atoms with Gasteiger partial charge in [-0.1, -0.05) is 83.9 Å². The number of anilines is 6. The summed E-state index contributed by atoms with van der Waals surface area (Å²) in [6.07, 6.45) is 8.81. The molecule has 2 heterocycles. The van der Waals surface area contributed by atoms with E-state index in [-0.39, 0.29) is 11.8 Å². The van der Waals surface area contributed by atoms with Gasteiger partial charge in [0.1, 0.15) is 23.0 Å². The van der Waals surface area contributed by atoms with Crippen LogP contribution in [0.25, 0.3) is 11.1 Å². The maximum atomic E-state index is 6.82. The van der Waals surface area contributed by atoms with Gasteiger partial charge >= 0.3 is 0 Å². The minimum absolute atomic E-state index is 0.0434. The Balaban J connectivity index is 1.03. The van der Waals surface area contributed by atoms with Crippen molar-refractivity contribution in [2.24, 2.45) is 11.8 Å². The quantitative estimate of drug-likeness (QED) is 0.176. The predicted octanol–water partition coefficient (Wildman–Crippen LogP) is 12.5. The number of allylic oxidation sites excluding steroid dienone is 6. The largest absolute Gasteiger partial charge is 0.460 e. The normalized spacial score (nSPS) is 17.4. The SMILES string of the molecule is Cc1ccc(N(c2ccccc2)c2ccc3c(c2)OC2=CC=C4c5ccc(N(c6ccccc6)c6ccc(C)cc6)cc5OC5=CC=C3C2C54)cc1. The van der Waals surface area contributed by atoms with E-state index >= 15 is 0 Å². The van der Waals surface area contributed by atoms with E-state index in [1.54, 1.807) is 0 Å². The standard InChI is InChI=1S/C48H36N2O2/c1-31-13-17-35(18-14-31)49(33-9-5-3-6-10-33)37-21-23-39-41-25-28-44-48-42(26-27-43(47(41)48)51-45(39)29-37)40-24-22-38(30-46(40)52-44)50(34-11-7-4-8-12-34)36-19-15-32(2)16-20-36/h3-30,47-48H,1-2H3. The molecule has 0 bridgehead atoms. The van der Waals surface area contributed by atoms with Crippen molar-refractivity contribution < 1.29 is 9.47 Å². The molecule has 6 aromatic rings.